The lowest BCUT2D eigenvalue weighted by Crippen LogP contribution is -2.51. The van der Waals surface area contributed by atoms with E-state index in [0.29, 0.717) is 5.69 Å². The maximum Gasteiger partial charge on any atom is 0.243 e. The number of anilines is 1. The van der Waals surface area contributed by atoms with Crippen LogP contribution >= 0.6 is 0 Å². The average molecular weight is 354 g/mol. The second-order valence-electron chi connectivity index (χ2n) is 7.02. The minimum absolute atomic E-state index is 0.0182. The van der Waals surface area contributed by atoms with Crippen molar-refractivity contribution in [2.75, 3.05) is 18.9 Å². The number of nitrogens with zero attached hydrogens (tertiary/aromatic N) is 1. The highest BCUT2D eigenvalue weighted by molar-refractivity contribution is 5.97. The fourth-order valence-corrected chi connectivity index (χ4v) is 3.42. The van der Waals surface area contributed by atoms with Crippen LogP contribution in [0.4, 0.5) is 10.1 Å². The van der Waals surface area contributed by atoms with Gasteiger partial charge < -0.3 is 10.2 Å². The average Bonchev–Trinajstić information content (AvgIpc) is 2.57. The number of rotatable bonds is 5. The Labute approximate surface area is 153 Å². The maximum atomic E-state index is 13.2. The lowest BCUT2D eigenvalue weighted by atomic mass is 9.63. The second kappa shape index (κ2) is 7.28. The summed E-state index contributed by atoms with van der Waals surface area (Å²) in [5.41, 5.74) is 2.01. The minimum atomic E-state index is -0.632. The summed E-state index contributed by atoms with van der Waals surface area (Å²) < 4.78 is 13.2. The summed E-state index contributed by atoms with van der Waals surface area (Å²) in [6.45, 7) is 1.96. The van der Waals surface area contributed by atoms with Crippen molar-refractivity contribution in [3.8, 4) is 0 Å². The molecule has 1 aliphatic rings. The van der Waals surface area contributed by atoms with E-state index in [0.717, 1.165) is 30.4 Å². The highest BCUT2D eigenvalue weighted by atomic mass is 19.1. The van der Waals surface area contributed by atoms with Crippen LogP contribution in [0.2, 0.25) is 0 Å². The molecule has 1 saturated carbocycles. The van der Waals surface area contributed by atoms with Crippen molar-refractivity contribution in [1.29, 1.82) is 0 Å². The van der Waals surface area contributed by atoms with E-state index in [9.17, 15) is 14.0 Å². The summed E-state index contributed by atoms with van der Waals surface area (Å²) in [6, 6.07) is 13.6. The van der Waals surface area contributed by atoms with Crippen molar-refractivity contribution >= 4 is 17.5 Å². The van der Waals surface area contributed by atoms with Crippen LogP contribution in [0.1, 0.15) is 30.4 Å². The lowest BCUT2D eigenvalue weighted by molar-refractivity contribution is -0.141. The molecule has 0 aliphatic heterocycles. The molecular weight excluding hydrogens is 331 g/mol. The zero-order chi connectivity index (χ0) is 18.7. The third-order valence-corrected chi connectivity index (χ3v) is 5.08. The molecule has 0 heterocycles. The van der Waals surface area contributed by atoms with Crippen LogP contribution in [0.5, 0.6) is 0 Å². The minimum Gasteiger partial charge on any atom is -0.336 e. The van der Waals surface area contributed by atoms with Gasteiger partial charge in [0.1, 0.15) is 5.82 Å². The number of halogens is 1. The van der Waals surface area contributed by atoms with E-state index in [1.54, 1.807) is 19.2 Å². The summed E-state index contributed by atoms with van der Waals surface area (Å²) in [6.07, 6.45) is 2.40. The van der Waals surface area contributed by atoms with Crippen LogP contribution in [0.3, 0.4) is 0 Å². The van der Waals surface area contributed by atoms with Gasteiger partial charge in [0.25, 0.3) is 0 Å². The standard InChI is InChI=1S/C21H23FN2O2/c1-15-4-10-18(11-5-15)23-19(25)14-24(2)20(26)21(12-3-13-21)16-6-8-17(22)9-7-16/h4-11H,3,12-14H2,1-2H3,(H,23,25). The number of amides is 2. The first-order valence-electron chi connectivity index (χ1n) is 8.79. The monoisotopic (exact) mass is 354 g/mol. The molecule has 1 aliphatic carbocycles. The first kappa shape index (κ1) is 18.1. The highest BCUT2D eigenvalue weighted by Crippen LogP contribution is 2.45. The zero-order valence-corrected chi connectivity index (χ0v) is 15.1. The smallest absolute Gasteiger partial charge is 0.243 e. The van der Waals surface area contributed by atoms with Crippen molar-refractivity contribution in [3.05, 3.63) is 65.5 Å². The molecule has 0 saturated heterocycles. The molecule has 3 rings (SSSR count). The molecule has 0 spiro atoms. The lowest BCUT2D eigenvalue weighted by Gasteiger charge is -2.43. The molecule has 0 bridgehead atoms. The van der Waals surface area contributed by atoms with Gasteiger partial charge in [-0.05, 0) is 49.6 Å². The number of hydrogen-bond acceptors (Lipinski definition) is 2. The molecule has 0 atom stereocenters. The Balaban J connectivity index is 1.67. The van der Waals surface area contributed by atoms with Crippen molar-refractivity contribution in [2.24, 2.45) is 0 Å². The fourth-order valence-electron chi connectivity index (χ4n) is 3.42. The molecule has 2 aromatic carbocycles. The molecule has 0 radical (unpaired) electrons. The number of carbonyl (C=O) groups excluding carboxylic acids is 2. The van der Waals surface area contributed by atoms with E-state index in [4.69, 9.17) is 0 Å². The van der Waals surface area contributed by atoms with Gasteiger partial charge in [-0.15, -0.1) is 0 Å². The summed E-state index contributed by atoms with van der Waals surface area (Å²) in [4.78, 5) is 26.8. The molecule has 1 N–H and O–H groups in total. The SMILES string of the molecule is Cc1ccc(NC(=O)CN(C)C(=O)C2(c3ccc(F)cc3)CCC2)cc1. The van der Waals surface area contributed by atoms with Crippen LogP contribution in [-0.4, -0.2) is 30.3 Å². The van der Waals surface area contributed by atoms with E-state index in [1.807, 2.05) is 31.2 Å². The molecule has 0 unspecified atom stereocenters. The number of benzene rings is 2. The van der Waals surface area contributed by atoms with Gasteiger partial charge in [-0.25, -0.2) is 4.39 Å². The third-order valence-electron chi connectivity index (χ3n) is 5.08. The number of nitrogens with one attached hydrogen (secondary N) is 1. The number of hydrogen-bond donors (Lipinski definition) is 1. The largest absolute Gasteiger partial charge is 0.336 e. The van der Waals surface area contributed by atoms with Crippen molar-refractivity contribution in [1.82, 2.24) is 4.90 Å². The first-order chi connectivity index (χ1) is 12.4. The number of carbonyl (C=O) groups is 2. The number of aryl methyl sites for hydroxylation is 1. The Morgan fingerprint density at radius 3 is 2.23 bits per heavy atom. The third kappa shape index (κ3) is 3.62. The van der Waals surface area contributed by atoms with Gasteiger partial charge >= 0.3 is 0 Å². The van der Waals surface area contributed by atoms with E-state index in [2.05, 4.69) is 5.32 Å². The van der Waals surface area contributed by atoms with Crippen molar-refractivity contribution in [2.45, 2.75) is 31.6 Å². The second-order valence-corrected chi connectivity index (χ2v) is 7.02. The molecule has 2 aromatic rings. The Morgan fingerprint density at radius 2 is 1.69 bits per heavy atom. The normalized spacial score (nSPS) is 15.0. The predicted octanol–water partition coefficient (Wildman–Crippen LogP) is 3.65. The maximum absolute atomic E-state index is 13.2. The van der Waals surface area contributed by atoms with Gasteiger partial charge in [0, 0.05) is 12.7 Å². The van der Waals surface area contributed by atoms with E-state index in [1.165, 1.54) is 17.0 Å². The van der Waals surface area contributed by atoms with E-state index >= 15 is 0 Å². The van der Waals surface area contributed by atoms with Gasteiger partial charge in [-0.2, -0.15) is 0 Å². The molecule has 26 heavy (non-hydrogen) atoms. The Kier molecular flexibility index (Phi) is 5.07. The van der Waals surface area contributed by atoms with Gasteiger partial charge in [-0.3, -0.25) is 9.59 Å². The topological polar surface area (TPSA) is 49.4 Å². The molecule has 1 fully saturated rings. The van der Waals surface area contributed by atoms with Crippen molar-refractivity contribution in [3.63, 3.8) is 0 Å². The van der Waals surface area contributed by atoms with Crippen LogP contribution in [-0.2, 0) is 15.0 Å². The van der Waals surface area contributed by atoms with Crippen LogP contribution in [0, 0.1) is 12.7 Å². The highest BCUT2D eigenvalue weighted by Gasteiger charge is 2.47. The molecule has 4 nitrogen and oxygen atoms in total. The molecule has 0 aromatic heterocycles. The Hall–Kier alpha value is -2.69. The van der Waals surface area contributed by atoms with Gasteiger partial charge in [-0.1, -0.05) is 36.2 Å². The van der Waals surface area contributed by atoms with Crippen LogP contribution in [0.15, 0.2) is 48.5 Å². The van der Waals surface area contributed by atoms with Gasteiger partial charge in [0.15, 0.2) is 0 Å². The van der Waals surface area contributed by atoms with E-state index < -0.39 is 5.41 Å². The zero-order valence-electron chi connectivity index (χ0n) is 15.1. The Morgan fingerprint density at radius 1 is 1.08 bits per heavy atom. The molecule has 2 amide bonds. The first-order valence-corrected chi connectivity index (χ1v) is 8.79. The quantitative estimate of drug-likeness (QED) is 0.891. The Bertz CT molecular complexity index is 796. The van der Waals surface area contributed by atoms with Gasteiger partial charge in [0.2, 0.25) is 11.8 Å². The predicted molar refractivity (Wildman–Crippen MR) is 99.4 cm³/mol. The van der Waals surface area contributed by atoms with E-state index in [-0.39, 0.29) is 24.2 Å². The number of likely N-dealkylation sites (N-methyl/N-ethyl adjacent to an activating group) is 1. The summed E-state index contributed by atoms with van der Waals surface area (Å²) >= 11 is 0. The summed E-state index contributed by atoms with van der Waals surface area (Å²) in [5, 5.41) is 2.81. The van der Waals surface area contributed by atoms with Crippen LogP contribution in [0.25, 0.3) is 0 Å². The molecule has 5 heteroatoms. The van der Waals surface area contributed by atoms with Crippen molar-refractivity contribution < 1.29 is 14.0 Å². The fraction of sp³-hybridized carbons (Fsp3) is 0.333. The molecule has 136 valence electrons. The van der Waals surface area contributed by atoms with Crippen LogP contribution < -0.4 is 5.32 Å². The van der Waals surface area contributed by atoms with Gasteiger partial charge in [0.05, 0.1) is 12.0 Å². The summed E-state index contributed by atoms with van der Waals surface area (Å²) in [7, 11) is 1.64. The summed E-state index contributed by atoms with van der Waals surface area (Å²) in [5.74, 6) is -0.644. The molecular formula is C21H23FN2O2.